The van der Waals surface area contributed by atoms with Gasteiger partial charge in [-0.15, -0.1) is 0 Å². The summed E-state index contributed by atoms with van der Waals surface area (Å²) in [6.07, 6.45) is 2.12. The van der Waals surface area contributed by atoms with Crippen molar-refractivity contribution in [1.82, 2.24) is 9.80 Å². The summed E-state index contributed by atoms with van der Waals surface area (Å²) < 4.78 is 11.1. The van der Waals surface area contributed by atoms with E-state index in [4.69, 9.17) is 9.47 Å². The Morgan fingerprint density at radius 2 is 2.00 bits per heavy atom. The van der Waals surface area contributed by atoms with Gasteiger partial charge in [-0.1, -0.05) is 26.0 Å². The van der Waals surface area contributed by atoms with E-state index in [-0.39, 0.29) is 12.0 Å². The van der Waals surface area contributed by atoms with Gasteiger partial charge < -0.3 is 19.3 Å². The third kappa shape index (κ3) is 4.04. The van der Waals surface area contributed by atoms with Crippen molar-refractivity contribution in [2.24, 2.45) is 5.92 Å². The molecule has 0 radical (unpaired) electrons. The molecule has 2 amide bonds. The molecule has 0 aromatic heterocycles. The second-order valence-corrected chi connectivity index (χ2v) is 8.10. The summed E-state index contributed by atoms with van der Waals surface area (Å²) in [5.41, 5.74) is 1.09. The number of nitrogens with zero attached hydrogens (tertiary/aromatic N) is 2. The molecule has 0 N–H and O–H groups in total. The van der Waals surface area contributed by atoms with Gasteiger partial charge in [-0.2, -0.15) is 0 Å². The van der Waals surface area contributed by atoms with Gasteiger partial charge in [0.05, 0.1) is 19.2 Å². The average molecular weight is 374 g/mol. The number of benzene rings is 1. The van der Waals surface area contributed by atoms with Crippen LogP contribution >= 0.6 is 0 Å². The number of carbonyl (C=O) groups is 2. The van der Waals surface area contributed by atoms with Gasteiger partial charge >= 0.3 is 6.09 Å². The van der Waals surface area contributed by atoms with Gasteiger partial charge in [-0.05, 0) is 30.9 Å². The summed E-state index contributed by atoms with van der Waals surface area (Å²) in [5, 5.41) is 0. The third-order valence-corrected chi connectivity index (χ3v) is 5.65. The number of amides is 2. The first-order valence-electron chi connectivity index (χ1n) is 9.76. The number of aryl methyl sites for hydroxylation is 1. The molecule has 0 saturated carbocycles. The number of carbonyl (C=O) groups excluding carboxylic acids is 2. The first-order chi connectivity index (χ1) is 12.8. The number of piperidine rings is 1. The third-order valence-electron chi connectivity index (χ3n) is 5.65. The van der Waals surface area contributed by atoms with E-state index < -0.39 is 5.60 Å². The molecule has 0 unspecified atom stereocenters. The second-order valence-electron chi connectivity index (χ2n) is 8.10. The summed E-state index contributed by atoms with van der Waals surface area (Å²) in [4.78, 5) is 28.9. The van der Waals surface area contributed by atoms with E-state index in [1.165, 1.54) is 0 Å². The highest BCUT2D eigenvalue weighted by molar-refractivity contribution is 5.98. The molecule has 1 aromatic carbocycles. The predicted octanol–water partition coefficient (Wildman–Crippen LogP) is 3.48. The van der Waals surface area contributed by atoms with Gasteiger partial charge in [0.1, 0.15) is 11.4 Å². The summed E-state index contributed by atoms with van der Waals surface area (Å²) >= 11 is 0. The van der Waals surface area contributed by atoms with Crippen LogP contribution in [0.25, 0.3) is 0 Å². The molecule has 3 rings (SSSR count). The lowest BCUT2D eigenvalue weighted by molar-refractivity contribution is 0.00304. The maximum Gasteiger partial charge on any atom is 0.410 e. The number of methoxy groups -OCH3 is 1. The molecule has 0 bridgehead atoms. The van der Waals surface area contributed by atoms with Crippen LogP contribution in [0, 0.1) is 12.8 Å². The Kier molecular flexibility index (Phi) is 5.63. The average Bonchev–Trinajstić information content (AvgIpc) is 2.94. The number of rotatable bonds is 5. The Hall–Kier alpha value is -2.24. The Balaban J connectivity index is 1.64. The summed E-state index contributed by atoms with van der Waals surface area (Å²) in [6.45, 7) is 8.77. The summed E-state index contributed by atoms with van der Waals surface area (Å²) in [5.74, 6) is 1.14. The molecule has 2 aliphatic heterocycles. The van der Waals surface area contributed by atoms with Crippen molar-refractivity contribution in [3.05, 3.63) is 29.3 Å². The fourth-order valence-electron chi connectivity index (χ4n) is 3.90. The largest absolute Gasteiger partial charge is 0.496 e. The van der Waals surface area contributed by atoms with Crippen molar-refractivity contribution in [2.45, 2.75) is 45.6 Å². The van der Waals surface area contributed by atoms with Crippen LogP contribution < -0.4 is 4.74 Å². The fraction of sp³-hybridized carbons (Fsp3) is 0.619. The van der Waals surface area contributed by atoms with Crippen LogP contribution in [-0.2, 0) is 4.74 Å². The van der Waals surface area contributed by atoms with Crippen LogP contribution in [-0.4, -0.2) is 60.7 Å². The standard InChI is InChI=1S/C21H30N2O4/c1-15(2)8-11-23-14-21(27-20(23)25)9-12-22(13-10-21)19(24)18-16(3)6-5-7-17(18)26-4/h5-7,15H,8-14H2,1-4H3. The molecule has 2 heterocycles. The molecule has 6 nitrogen and oxygen atoms in total. The molecular weight excluding hydrogens is 344 g/mol. The van der Waals surface area contributed by atoms with Crippen LogP contribution in [0.5, 0.6) is 5.75 Å². The normalized spacial score (nSPS) is 18.9. The topological polar surface area (TPSA) is 59.1 Å². The lowest BCUT2D eigenvalue weighted by Crippen LogP contribution is -2.49. The van der Waals surface area contributed by atoms with Gasteiger partial charge in [0.15, 0.2) is 0 Å². The van der Waals surface area contributed by atoms with Gasteiger partial charge in [-0.3, -0.25) is 4.79 Å². The first-order valence-corrected chi connectivity index (χ1v) is 9.76. The zero-order valence-electron chi connectivity index (χ0n) is 16.8. The Bertz CT molecular complexity index is 708. The summed E-state index contributed by atoms with van der Waals surface area (Å²) in [6, 6.07) is 5.63. The number of hydrogen-bond acceptors (Lipinski definition) is 4. The minimum atomic E-state index is -0.444. The molecule has 2 aliphatic rings. The minimum absolute atomic E-state index is 0.0132. The van der Waals surface area contributed by atoms with E-state index in [1.54, 1.807) is 7.11 Å². The maximum atomic E-state index is 13.0. The quantitative estimate of drug-likeness (QED) is 0.792. The van der Waals surface area contributed by atoms with Crippen molar-refractivity contribution in [3.63, 3.8) is 0 Å². The number of ether oxygens (including phenoxy) is 2. The van der Waals surface area contributed by atoms with E-state index >= 15 is 0 Å². The molecule has 148 valence electrons. The van der Waals surface area contributed by atoms with Crippen molar-refractivity contribution in [2.75, 3.05) is 33.3 Å². The van der Waals surface area contributed by atoms with E-state index in [0.717, 1.165) is 18.5 Å². The number of likely N-dealkylation sites (tertiary alicyclic amines) is 1. The van der Waals surface area contributed by atoms with Gasteiger partial charge in [0.25, 0.3) is 5.91 Å². The SMILES string of the molecule is COc1cccc(C)c1C(=O)N1CCC2(CC1)CN(CCC(C)C)C(=O)O2. The zero-order chi connectivity index (χ0) is 19.6. The Morgan fingerprint density at radius 3 is 2.63 bits per heavy atom. The summed E-state index contributed by atoms with van der Waals surface area (Å²) in [7, 11) is 1.58. The Labute approximate surface area is 161 Å². The van der Waals surface area contributed by atoms with Crippen LogP contribution in [0.1, 0.15) is 49.0 Å². The van der Waals surface area contributed by atoms with Crippen molar-refractivity contribution < 1.29 is 19.1 Å². The van der Waals surface area contributed by atoms with E-state index in [2.05, 4.69) is 13.8 Å². The molecule has 2 fully saturated rings. The smallest absolute Gasteiger partial charge is 0.410 e. The molecular formula is C21H30N2O4. The van der Waals surface area contributed by atoms with Gasteiger partial charge in [-0.25, -0.2) is 4.79 Å². The maximum absolute atomic E-state index is 13.0. The van der Waals surface area contributed by atoms with Crippen molar-refractivity contribution >= 4 is 12.0 Å². The Morgan fingerprint density at radius 1 is 1.30 bits per heavy atom. The van der Waals surface area contributed by atoms with Gasteiger partial charge in [0, 0.05) is 32.5 Å². The molecule has 27 heavy (non-hydrogen) atoms. The fourth-order valence-corrected chi connectivity index (χ4v) is 3.90. The van der Waals surface area contributed by atoms with Gasteiger partial charge in [0.2, 0.25) is 0 Å². The monoisotopic (exact) mass is 374 g/mol. The molecule has 1 aromatic rings. The number of hydrogen-bond donors (Lipinski definition) is 0. The van der Waals surface area contributed by atoms with Crippen molar-refractivity contribution in [3.8, 4) is 5.75 Å². The molecule has 0 aliphatic carbocycles. The highest BCUT2D eigenvalue weighted by Gasteiger charge is 2.47. The zero-order valence-corrected chi connectivity index (χ0v) is 16.8. The lowest BCUT2D eigenvalue weighted by Gasteiger charge is -2.37. The van der Waals surface area contributed by atoms with Crippen LogP contribution in [0.4, 0.5) is 4.79 Å². The minimum Gasteiger partial charge on any atom is -0.496 e. The van der Waals surface area contributed by atoms with Crippen molar-refractivity contribution in [1.29, 1.82) is 0 Å². The van der Waals surface area contributed by atoms with E-state index in [1.807, 2.05) is 34.9 Å². The lowest BCUT2D eigenvalue weighted by atomic mass is 9.90. The predicted molar refractivity (Wildman–Crippen MR) is 103 cm³/mol. The van der Waals surface area contributed by atoms with Crippen LogP contribution in [0.3, 0.4) is 0 Å². The highest BCUT2D eigenvalue weighted by Crippen LogP contribution is 2.34. The first kappa shape index (κ1) is 19.5. The molecule has 6 heteroatoms. The molecule has 1 spiro atoms. The molecule has 0 atom stereocenters. The van der Waals surface area contributed by atoms with Crippen LogP contribution in [0.2, 0.25) is 0 Å². The second kappa shape index (κ2) is 7.79. The highest BCUT2D eigenvalue weighted by atomic mass is 16.6. The van der Waals surface area contributed by atoms with Crippen LogP contribution in [0.15, 0.2) is 18.2 Å². The molecule has 2 saturated heterocycles. The van der Waals surface area contributed by atoms with E-state index in [9.17, 15) is 9.59 Å². The van der Waals surface area contributed by atoms with E-state index in [0.29, 0.717) is 49.7 Å².